The van der Waals surface area contributed by atoms with Crippen molar-refractivity contribution in [2.45, 2.75) is 24.5 Å². The van der Waals surface area contributed by atoms with Crippen LogP contribution in [0.1, 0.15) is 17.7 Å². The molecule has 2 aromatic heterocycles. The molecule has 0 radical (unpaired) electrons. The monoisotopic (exact) mass is 393 g/mol. The zero-order valence-electron chi connectivity index (χ0n) is 13.4. The van der Waals surface area contributed by atoms with Gasteiger partial charge in [-0.1, -0.05) is 35.0 Å². The molecule has 0 saturated heterocycles. The first-order chi connectivity index (χ1) is 12.1. The Labute approximate surface area is 158 Å². The first-order valence-electron chi connectivity index (χ1n) is 7.62. The molecule has 0 aliphatic heterocycles. The number of hydrogen-bond donors (Lipinski definition) is 1. The molecule has 3 aromatic rings. The summed E-state index contributed by atoms with van der Waals surface area (Å²) in [5.74, 6) is 1.44. The van der Waals surface area contributed by atoms with E-state index in [2.05, 4.69) is 15.5 Å². The maximum absolute atomic E-state index is 12.1. The van der Waals surface area contributed by atoms with Gasteiger partial charge >= 0.3 is 0 Å². The maximum atomic E-state index is 12.1. The average molecular weight is 394 g/mol. The van der Waals surface area contributed by atoms with Gasteiger partial charge in [-0.2, -0.15) is 4.98 Å². The van der Waals surface area contributed by atoms with Gasteiger partial charge in [0.15, 0.2) is 0 Å². The highest BCUT2D eigenvalue weighted by Gasteiger charge is 2.16. The summed E-state index contributed by atoms with van der Waals surface area (Å²) in [7, 11) is 0. The molecule has 0 bridgehead atoms. The van der Waals surface area contributed by atoms with Crippen LogP contribution in [0, 0.1) is 0 Å². The highest BCUT2D eigenvalue weighted by molar-refractivity contribution is 7.99. The highest BCUT2D eigenvalue weighted by Crippen LogP contribution is 2.22. The SMILES string of the molecule is C[C@H](SCc1nc(-c2cccc(Cl)c2)no1)C(=O)NCc1cccs1. The lowest BCUT2D eigenvalue weighted by atomic mass is 10.2. The molecule has 1 N–H and O–H groups in total. The van der Waals surface area contributed by atoms with Crippen LogP contribution in [0.4, 0.5) is 0 Å². The summed E-state index contributed by atoms with van der Waals surface area (Å²) >= 11 is 9.05. The minimum Gasteiger partial charge on any atom is -0.350 e. The summed E-state index contributed by atoms with van der Waals surface area (Å²) in [6, 6.07) is 11.2. The quantitative estimate of drug-likeness (QED) is 0.644. The van der Waals surface area contributed by atoms with Crippen molar-refractivity contribution in [2.24, 2.45) is 0 Å². The van der Waals surface area contributed by atoms with E-state index in [9.17, 15) is 4.79 Å². The van der Waals surface area contributed by atoms with E-state index in [0.717, 1.165) is 10.4 Å². The number of hydrogen-bond acceptors (Lipinski definition) is 6. The van der Waals surface area contributed by atoms with E-state index in [1.165, 1.54) is 11.8 Å². The van der Waals surface area contributed by atoms with Crippen molar-refractivity contribution in [1.29, 1.82) is 0 Å². The van der Waals surface area contributed by atoms with Gasteiger partial charge in [0.05, 0.1) is 17.5 Å². The molecular weight excluding hydrogens is 378 g/mol. The molecule has 0 aliphatic carbocycles. The van der Waals surface area contributed by atoms with E-state index < -0.39 is 0 Å². The average Bonchev–Trinajstić information content (AvgIpc) is 3.29. The number of aromatic nitrogens is 2. The van der Waals surface area contributed by atoms with Crippen molar-refractivity contribution in [3.05, 3.63) is 57.6 Å². The normalized spacial score (nSPS) is 12.1. The molecule has 1 aromatic carbocycles. The first-order valence-corrected chi connectivity index (χ1v) is 9.92. The molecule has 3 rings (SSSR count). The minimum absolute atomic E-state index is 0.00650. The van der Waals surface area contributed by atoms with Crippen molar-refractivity contribution in [2.75, 3.05) is 0 Å². The number of nitrogens with one attached hydrogen (secondary N) is 1. The highest BCUT2D eigenvalue weighted by atomic mass is 35.5. The van der Waals surface area contributed by atoms with E-state index >= 15 is 0 Å². The van der Waals surface area contributed by atoms with Gasteiger partial charge in [0.1, 0.15) is 0 Å². The molecule has 8 heteroatoms. The third kappa shape index (κ3) is 5.07. The van der Waals surface area contributed by atoms with Gasteiger partial charge in [-0.15, -0.1) is 23.1 Å². The molecule has 130 valence electrons. The van der Waals surface area contributed by atoms with Crippen LogP contribution in [0.3, 0.4) is 0 Å². The molecule has 0 aliphatic rings. The van der Waals surface area contributed by atoms with Crippen LogP contribution < -0.4 is 5.32 Å². The van der Waals surface area contributed by atoms with Gasteiger partial charge in [-0.05, 0) is 30.5 Å². The fourth-order valence-corrected chi connectivity index (χ4v) is 3.64. The van der Waals surface area contributed by atoms with Crippen LogP contribution in [-0.2, 0) is 17.1 Å². The number of thiophene rings is 1. The van der Waals surface area contributed by atoms with E-state index in [1.807, 2.05) is 36.6 Å². The number of carbonyl (C=O) groups is 1. The molecule has 1 amide bonds. The summed E-state index contributed by atoms with van der Waals surface area (Å²) in [5, 5.41) is 9.30. The number of benzene rings is 1. The predicted octanol–water partition coefficient (Wildman–Crippen LogP) is 4.39. The van der Waals surface area contributed by atoms with Crippen molar-refractivity contribution < 1.29 is 9.32 Å². The van der Waals surface area contributed by atoms with Crippen molar-refractivity contribution in [3.63, 3.8) is 0 Å². The zero-order valence-corrected chi connectivity index (χ0v) is 15.8. The zero-order chi connectivity index (χ0) is 17.6. The fourth-order valence-electron chi connectivity index (χ4n) is 2.06. The van der Waals surface area contributed by atoms with E-state index in [0.29, 0.717) is 29.0 Å². The number of rotatable bonds is 7. The van der Waals surface area contributed by atoms with E-state index in [1.54, 1.807) is 23.5 Å². The number of halogens is 1. The number of amides is 1. The Kier molecular flexibility index (Phi) is 6.12. The number of thioether (sulfide) groups is 1. The second-order valence-electron chi connectivity index (χ2n) is 5.27. The van der Waals surface area contributed by atoms with Gasteiger partial charge < -0.3 is 9.84 Å². The first kappa shape index (κ1) is 18.0. The smallest absolute Gasteiger partial charge is 0.236 e. The molecule has 25 heavy (non-hydrogen) atoms. The molecule has 2 heterocycles. The molecule has 1 atom stereocenters. The van der Waals surface area contributed by atoms with Crippen molar-refractivity contribution in [1.82, 2.24) is 15.5 Å². The third-order valence-corrected chi connectivity index (χ3v) is 5.63. The number of carbonyl (C=O) groups excluding carboxylic acids is 1. The Bertz CT molecular complexity index is 836. The predicted molar refractivity (Wildman–Crippen MR) is 102 cm³/mol. The topological polar surface area (TPSA) is 68.0 Å². The van der Waals surface area contributed by atoms with Crippen molar-refractivity contribution in [3.8, 4) is 11.4 Å². The lowest BCUT2D eigenvalue weighted by molar-refractivity contribution is -0.120. The molecule has 0 fully saturated rings. The Morgan fingerprint density at radius 1 is 1.40 bits per heavy atom. The Morgan fingerprint density at radius 3 is 3.04 bits per heavy atom. The van der Waals surface area contributed by atoms with Gasteiger partial charge in [0.25, 0.3) is 0 Å². The second kappa shape index (κ2) is 8.51. The molecular formula is C17H16ClN3O2S2. The Hall–Kier alpha value is -1.83. The molecule has 0 saturated carbocycles. The minimum atomic E-state index is -0.207. The molecule has 0 unspecified atom stereocenters. The summed E-state index contributed by atoms with van der Waals surface area (Å²) in [6.45, 7) is 2.42. The van der Waals surface area contributed by atoms with Crippen molar-refractivity contribution >= 4 is 40.6 Å². The van der Waals surface area contributed by atoms with Gasteiger partial charge in [-0.3, -0.25) is 4.79 Å². The van der Waals surface area contributed by atoms with Crippen LogP contribution in [0.15, 0.2) is 46.3 Å². The van der Waals surface area contributed by atoms with Crippen LogP contribution in [0.5, 0.6) is 0 Å². The van der Waals surface area contributed by atoms with Crippen LogP contribution in [0.25, 0.3) is 11.4 Å². The lowest BCUT2D eigenvalue weighted by Gasteiger charge is -2.10. The standard InChI is InChI=1S/C17H16ClN3O2S2/c1-11(17(22)19-9-14-6-3-7-24-14)25-10-15-20-16(21-23-15)12-4-2-5-13(18)8-12/h2-8,11H,9-10H2,1H3,(H,19,22)/t11-/m0/s1. The fraction of sp³-hybridized carbons (Fsp3) is 0.235. The van der Waals surface area contributed by atoms with Crippen LogP contribution >= 0.6 is 34.7 Å². The lowest BCUT2D eigenvalue weighted by Crippen LogP contribution is -2.30. The largest absolute Gasteiger partial charge is 0.350 e. The van der Waals surface area contributed by atoms with Gasteiger partial charge in [-0.25, -0.2) is 0 Å². The number of nitrogens with zero attached hydrogens (tertiary/aromatic N) is 2. The third-order valence-electron chi connectivity index (χ3n) is 3.39. The molecule has 5 nitrogen and oxygen atoms in total. The summed E-state index contributed by atoms with van der Waals surface area (Å²) < 4.78 is 5.25. The van der Waals surface area contributed by atoms with Gasteiger partial charge in [0.2, 0.25) is 17.6 Å². The summed E-state index contributed by atoms with van der Waals surface area (Å²) in [4.78, 5) is 17.6. The Morgan fingerprint density at radius 2 is 2.28 bits per heavy atom. The van der Waals surface area contributed by atoms with E-state index in [-0.39, 0.29) is 11.2 Å². The second-order valence-corrected chi connectivity index (χ2v) is 8.07. The maximum Gasteiger partial charge on any atom is 0.236 e. The van der Waals surface area contributed by atoms with E-state index in [4.69, 9.17) is 16.1 Å². The van der Waals surface area contributed by atoms with Gasteiger partial charge in [0, 0.05) is 15.5 Å². The molecule has 0 spiro atoms. The van der Waals surface area contributed by atoms with Crippen LogP contribution in [-0.4, -0.2) is 21.3 Å². The Balaban J connectivity index is 1.50. The summed E-state index contributed by atoms with van der Waals surface area (Å²) in [6.07, 6.45) is 0. The summed E-state index contributed by atoms with van der Waals surface area (Å²) in [5.41, 5.74) is 0.800. The van der Waals surface area contributed by atoms with Crippen LogP contribution in [0.2, 0.25) is 5.02 Å².